The molecule has 1 heterocycles. The molecule has 1 amide bonds. The summed E-state index contributed by atoms with van der Waals surface area (Å²) >= 11 is 0. The summed E-state index contributed by atoms with van der Waals surface area (Å²) < 4.78 is 41.5. The zero-order valence-electron chi connectivity index (χ0n) is 14.9. The molecule has 0 unspecified atom stereocenters. The molecule has 9 nitrogen and oxygen atoms in total. The van der Waals surface area contributed by atoms with Crippen LogP contribution in [0.1, 0.15) is 5.56 Å². The van der Waals surface area contributed by atoms with Crippen molar-refractivity contribution >= 4 is 27.6 Å². The van der Waals surface area contributed by atoms with E-state index in [9.17, 15) is 18.0 Å². The maximum absolute atomic E-state index is 12.1. The molecule has 10 heteroatoms. The molecule has 0 aromatic heterocycles. The minimum Gasteiger partial charge on any atom is -0.455 e. The van der Waals surface area contributed by atoms with Crippen LogP contribution in [0.15, 0.2) is 47.4 Å². The molecule has 0 saturated carbocycles. The molecular weight excluding hydrogens is 388 g/mol. The fraction of sp³-hybridized carbons (Fsp3) is 0.222. The number of rotatable bonds is 7. The van der Waals surface area contributed by atoms with Gasteiger partial charge in [0.05, 0.1) is 4.90 Å². The van der Waals surface area contributed by atoms with E-state index in [1.807, 2.05) is 6.92 Å². The quantitative estimate of drug-likeness (QED) is 0.663. The SMILES string of the molecule is Cc1ccc(S(=O)(=O)NCC(=O)OCC(=O)Nc2ccc3c(c2)OCO3)cc1. The highest BCUT2D eigenvalue weighted by Crippen LogP contribution is 2.34. The molecule has 0 fully saturated rings. The van der Waals surface area contributed by atoms with Crippen molar-refractivity contribution in [1.29, 1.82) is 0 Å². The number of hydrogen-bond donors (Lipinski definition) is 2. The first kappa shape index (κ1) is 19.6. The van der Waals surface area contributed by atoms with Gasteiger partial charge in [-0.1, -0.05) is 17.7 Å². The van der Waals surface area contributed by atoms with E-state index in [-0.39, 0.29) is 11.7 Å². The molecule has 0 saturated heterocycles. The van der Waals surface area contributed by atoms with Gasteiger partial charge >= 0.3 is 5.97 Å². The lowest BCUT2D eigenvalue weighted by atomic mass is 10.2. The fourth-order valence-electron chi connectivity index (χ4n) is 2.32. The van der Waals surface area contributed by atoms with Crippen LogP contribution in [0.25, 0.3) is 0 Å². The van der Waals surface area contributed by atoms with E-state index in [1.54, 1.807) is 30.3 Å². The lowest BCUT2D eigenvalue weighted by Crippen LogP contribution is -2.32. The van der Waals surface area contributed by atoms with Crippen molar-refractivity contribution in [2.24, 2.45) is 0 Å². The monoisotopic (exact) mass is 406 g/mol. The number of sulfonamides is 1. The lowest BCUT2D eigenvalue weighted by Gasteiger charge is -2.09. The minimum atomic E-state index is -3.84. The zero-order chi connectivity index (χ0) is 20.1. The van der Waals surface area contributed by atoms with E-state index in [0.29, 0.717) is 17.2 Å². The number of anilines is 1. The van der Waals surface area contributed by atoms with E-state index >= 15 is 0 Å². The fourth-order valence-corrected chi connectivity index (χ4v) is 3.29. The Labute approximate surface area is 161 Å². The molecule has 148 valence electrons. The van der Waals surface area contributed by atoms with E-state index in [1.165, 1.54) is 12.1 Å². The summed E-state index contributed by atoms with van der Waals surface area (Å²) in [6.45, 7) is 0.797. The molecule has 2 aromatic rings. The van der Waals surface area contributed by atoms with Gasteiger partial charge in [-0.05, 0) is 31.2 Å². The molecule has 2 aromatic carbocycles. The summed E-state index contributed by atoms with van der Waals surface area (Å²) in [7, 11) is -3.84. The van der Waals surface area contributed by atoms with Crippen LogP contribution < -0.4 is 19.5 Å². The molecule has 28 heavy (non-hydrogen) atoms. The van der Waals surface area contributed by atoms with E-state index in [2.05, 4.69) is 10.0 Å². The molecule has 0 spiro atoms. The summed E-state index contributed by atoms with van der Waals surface area (Å²) in [5.41, 5.74) is 1.36. The number of fused-ring (bicyclic) bond motifs is 1. The Bertz CT molecular complexity index is 987. The summed E-state index contributed by atoms with van der Waals surface area (Å²) in [5.74, 6) is -0.379. The molecule has 2 N–H and O–H groups in total. The van der Waals surface area contributed by atoms with E-state index < -0.39 is 35.1 Å². The van der Waals surface area contributed by atoms with Crippen LogP contribution in [0.2, 0.25) is 0 Å². The predicted octanol–water partition coefficient (Wildman–Crippen LogP) is 1.18. The topological polar surface area (TPSA) is 120 Å². The highest BCUT2D eigenvalue weighted by atomic mass is 32.2. The Morgan fingerprint density at radius 2 is 1.79 bits per heavy atom. The summed E-state index contributed by atoms with van der Waals surface area (Å²) in [4.78, 5) is 23.6. The summed E-state index contributed by atoms with van der Waals surface area (Å²) in [5, 5.41) is 2.54. The van der Waals surface area contributed by atoms with Gasteiger partial charge in [0.1, 0.15) is 6.54 Å². The highest BCUT2D eigenvalue weighted by molar-refractivity contribution is 7.89. The van der Waals surface area contributed by atoms with Crippen molar-refractivity contribution in [3.05, 3.63) is 48.0 Å². The minimum absolute atomic E-state index is 0.0338. The van der Waals surface area contributed by atoms with Gasteiger partial charge in [0.2, 0.25) is 16.8 Å². The van der Waals surface area contributed by atoms with Gasteiger partial charge in [-0.15, -0.1) is 0 Å². The lowest BCUT2D eigenvalue weighted by molar-refractivity contribution is -0.146. The van der Waals surface area contributed by atoms with Crippen LogP contribution in [0.5, 0.6) is 11.5 Å². The first-order valence-electron chi connectivity index (χ1n) is 8.25. The van der Waals surface area contributed by atoms with Gasteiger partial charge in [0.25, 0.3) is 5.91 Å². The molecule has 0 bridgehead atoms. The van der Waals surface area contributed by atoms with Crippen LogP contribution in [0, 0.1) is 6.92 Å². The predicted molar refractivity (Wildman–Crippen MR) is 98.5 cm³/mol. The average Bonchev–Trinajstić information content (AvgIpc) is 3.13. The molecule has 1 aliphatic heterocycles. The normalized spacial score (nSPS) is 12.5. The Morgan fingerprint density at radius 1 is 1.07 bits per heavy atom. The third-order valence-corrected chi connectivity index (χ3v) is 5.18. The van der Waals surface area contributed by atoms with E-state index in [0.717, 1.165) is 5.56 Å². The van der Waals surface area contributed by atoms with Crippen LogP contribution in [0.3, 0.4) is 0 Å². The first-order chi connectivity index (χ1) is 13.3. The van der Waals surface area contributed by atoms with Crippen molar-refractivity contribution in [2.75, 3.05) is 25.3 Å². The Morgan fingerprint density at radius 3 is 2.54 bits per heavy atom. The Hall–Kier alpha value is -3.11. The van der Waals surface area contributed by atoms with Gasteiger partial charge < -0.3 is 19.5 Å². The van der Waals surface area contributed by atoms with Crippen molar-refractivity contribution in [2.45, 2.75) is 11.8 Å². The van der Waals surface area contributed by atoms with Gasteiger partial charge in [-0.3, -0.25) is 9.59 Å². The number of aryl methyl sites for hydroxylation is 1. The van der Waals surface area contributed by atoms with Crippen molar-refractivity contribution < 1.29 is 32.2 Å². The highest BCUT2D eigenvalue weighted by Gasteiger charge is 2.17. The van der Waals surface area contributed by atoms with Gasteiger partial charge in [0.15, 0.2) is 18.1 Å². The number of benzene rings is 2. The van der Waals surface area contributed by atoms with Gasteiger partial charge in [-0.2, -0.15) is 4.72 Å². The molecule has 0 radical (unpaired) electrons. The average molecular weight is 406 g/mol. The van der Waals surface area contributed by atoms with Crippen LogP contribution in [-0.4, -0.2) is 40.2 Å². The second-order valence-corrected chi connectivity index (χ2v) is 7.68. The standard InChI is InChI=1S/C18H18N2O7S/c1-12-2-5-14(6-3-12)28(23,24)19-9-18(22)25-10-17(21)20-13-4-7-15-16(8-13)27-11-26-15/h2-8,19H,9-11H2,1H3,(H,20,21). The second-order valence-electron chi connectivity index (χ2n) is 5.91. The number of esters is 1. The van der Waals surface area contributed by atoms with Crippen molar-refractivity contribution in [3.63, 3.8) is 0 Å². The molecule has 1 aliphatic rings. The maximum Gasteiger partial charge on any atom is 0.321 e. The second kappa shape index (κ2) is 8.28. The molecular formula is C18H18N2O7S. The molecule has 0 aliphatic carbocycles. The van der Waals surface area contributed by atoms with Gasteiger partial charge in [0, 0.05) is 11.8 Å². The molecule has 3 rings (SSSR count). The molecule has 0 atom stereocenters. The first-order valence-corrected chi connectivity index (χ1v) is 9.73. The van der Waals surface area contributed by atoms with E-state index in [4.69, 9.17) is 14.2 Å². The smallest absolute Gasteiger partial charge is 0.321 e. The Kier molecular flexibility index (Phi) is 5.81. The number of nitrogens with one attached hydrogen (secondary N) is 2. The maximum atomic E-state index is 12.1. The third-order valence-electron chi connectivity index (χ3n) is 3.76. The summed E-state index contributed by atoms with van der Waals surface area (Å²) in [6.07, 6.45) is 0. The number of carbonyl (C=O) groups is 2. The number of hydrogen-bond acceptors (Lipinski definition) is 7. The van der Waals surface area contributed by atoms with Crippen LogP contribution >= 0.6 is 0 Å². The van der Waals surface area contributed by atoms with Crippen LogP contribution in [-0.2, 0) is 24.3 Å². The number of amides is 1. The van der Waals surface area contributed by atoms with Crippen molar-refractivity contribution in [3.8, 4) is 11.5 Å². The number of carbonyl (C=O) groups excluding carboxylic acids is 2. The third kappa shape index (κ3) is 4.99. The Balaban J connectivity index is 1.45. The summed E-state index contributed by atoms with van der Waals surface area (Å²) in [6, 6.07) is 11.0. The zero-order valence-corrected chi connectivity index (χ0v) is 15.7. The van der Waals surface area contributed by atoms with Crippen molar-refractivity contribution in [1.82, 2.24) is 4.72 Å². The van der Waals surface area contributed by atoms with Crippen LogP contribution in [0.4, 0.5) is 5.69 Å². The van der Waals surface area contributed by atoms with Gasteiger partial charge in [-0.25, -0.2) is 8.42 Å². The largest absolute Gasteiger partial charge is 0.455 e. The number of ether oxygens (including phenoxy) is 3.